The van der Waals surface area contributed by atoms with Gasteiger partial charge in [-0.15, -0.1) is 0 Å². The van der Waals surface area contributed by atoms with E-state index in [9.17, 15) is 0 Å². The Labute approximate surface area is 96.2 Å². The molecule has 3 heteroatoms. The zero-order valence-electron chi connectivity index (χ0n) is 9.80. The molecule has 0 aromatic carbocycles. The molecule has 2 unspecified atom stereocenters. The second kappa shape index (κ2) is 3.67. The van der Waals surface area contributed by atoms with Crippen molar-refractivity contribution in [1.82, 2.24) is 15.1 Å². The SMILES string of the molecule is CC(C)N1CC2C=C(c3ccnnc3)C1C2. The molecule has 0 N–H and O–H groups in total. The summed E-state index contributed by atoms with van der Waals surface area (Å²) in [5.41, 5.74) is 2.70. The third kappa shape index (κ3) is 1.47. The summed E-state index contributed by atoms with van der Waals surface area (Å²) < 4.78 is 0. The number of rotatable bonds is 2. The lowest BCUT2D eigenvalue weighted by molar-refractivity contribution is 0.231. The first-order valence-corrected chi connectivity index (χ1v) is 6.00. The molecular weight excluding hydrogens is 198 g/mol. The second-order valence-corrected chi connectivity index (χ2v) is 5.06. The van der Waals surface area contributed by atoms with E-state index < -0.39 is 0 Å². The van der Waals surface area contributed by atoms with E-state index in [2.05, 4.69) is 41.1 Å². The van der Waals surface area contributed by atoms with Gasteiger partial charge in [-0.05, 0) is 37.8 Å². The lowest BCUT2D eigenvalue weighted by Crippen LogP contribution is -2.37. The fourth-order valence-corrected chi connectivity index (χ4v) is 3.01. The Hall–Kier alpha value is -1.22. The molecule has 16 heavy (non-hydrogen) atoms. The van der Waals surface area contributed by atoms with E-state index in [0.29, 0.717) is 12.1 Å². The molecule has 3 nitrogen and oxygen atoms in total. The van der Waals surface area contributed by atoms with Crippen molar-refractivity contribution < 1.29 is 0 Å². The third-order valence-corrected chi connectivity index (χ3v) is 3.73. The summed E-state index contributed by atoms with van der Waals surface area (Å²) >= 11 is 0. The maximum atomic E-state index is 3.97. The average Bonchev–Trinajstić information content (AvgIpc) is 2.89. The van der Waals surface area contributed by atoms with Crippen molar-refractivity contribution >= 4 is 5.57 Å². The summed E-state index contributed by atoms with van der Waals surface area (Å²) in [6, 6.07) is 3.31. The van der Waals surface area contributed by atoms with Crippen molar-refractivity contribution in [3.8, 4) is 0 Å². The van der Waals surface area contributed by atoms with E-state index in [1.54, 1.807) is 6.20 Å². The molecule has 2 heterocycles. The molecule has 1 fully saturated rings. The van der Waals surface area contributed by atoms with Crippen LogP contribution in [0.2, 0.25) is 0 Å². The van der Waals surface area contributed by atoms with Crippen molar-refractivity contribution in [1.29, 1.82) is 0 Å². The second-order valence-electron chi connectivity index (χ2n) is 5.06. The van der Waals surface area contributed by atoms with Crippen molar-refractivity contribution in [2.75, 3.05) is 6.54 Å². The summed E-state index contributed by atoms with van der Waals surface area (Å²) in [7, 11) is 0. The molecule has 0 amide bonds. The van der Waals surface area contributed by atoms with Gasteiger partial charge in [0.05, 0.1) is 12.4 Å². The largest absolute Gasteiger partial charge is 0.293 e. The van der Waals surface area contributed by atoms with Gasteiger partial charge in [-0.3, -0.25) is 4.90 Å². The van der Waals surface area contributed by atoms with Crippen molar-refractivity contribution in [2.45, 2.75) is 32.4 Å². The molecule has 1 aliphatic heterocycles. The van der Waals surface area contributed by atoms with E-state index in [-0.39, 0.29) is 0 Å². The van der Waals surface area contributed by atoms with Gasteiger partial charge in [-0.1, -0.05) is 6.08 Å². The van der Waals surface area contributed by atoms with Crippen LogP contribution >= 0.6 is 0 Å². The Morgan fingerprint density at radius 1 is 1.38 bits per heavy atom. The highest BCUT2D eigenvalue weighted by atomic mass is 15.2. The van der Waals surface area contributed by atoms with Gasteiger partial charge in [-0.25, -0.2) is 0 Å². The van der Waals surface area contributed by atoms with Gasteiger partial charge in [0.2, 0.25) is 0 Å². The lowest BCUT2D eigenvalue weighted by Gasteiger charge is -2.31. The van der Waals surface area contributed by atoms with Crippen LogP contribution in [-0.2, 0) is 0 Å². The standard InChI is InChI=1S/C13H17N3/c1-9(2)16-8-10-5-12(13(16)6-10)11-3-4-14-15-7-11/h3-5,7,9-10,13H,6,8H2,1-2H3. The highest BCUT2D eigenvalue weighted by molar-refractivity contribution is 5.72. The van der Waals surface area contributed by atoms with Gasteiger partial charge < -0.3 is 0 Å². The predicted molar refractivity (Wildman–Crippen MR) is 63.7 cm³/mol. The molecule has 0 saturated carbocycles. The Morgan fingerprint density at radius 3 is 2.88 bits per heavy atom. The molecule has 3 rings (SSSR count). The molecule has 0 spiro atoms. The van der Waals surface area contributed by atoms with Crippen LogP contribution in [0, 0.1) is 5.92 Å². The summed E-state index contributed by atoms with van der Waals surface area (Å²) in [6.07, 6.45) is 7.38. The van der Waals surface area contributed by atoms with Gasteiger partial charge in [0.1, 0.15) is 0 Å². The van der Waals surface area contributed by atoms with Gasteiger partial charge in [-0.2, -0.15) is 10.2 Å². The van der Waals surface area contributed by atoms with Crippen LogP contribution in [0.25, 0.3) is 5.57 Å². The fraction of sp³-hybridized carbons (Fsp3) is 0.538. The molecule has 1 saturated heterocycles. The van der Waals surface area contributed by atoms with Crippen LogP contribution < -0.4 is 0 Å². The summed E-state index contributed by atoms with van der Waals surface area (Å²) in [5.74, 6) is 0.746. The average molecular weight is 215 g/mol. The normalized spacial score (nSPS) is 28.8. The maximum absolute atomic E-state index is 3.97. The van der Waals surface area contributed by atoms with Gasteiger partial charge in [0.25, 0.3) is 0 Å². The molecule has 2 atom stereocenters. The molecule has 2 bridgehead atoms. The van der Waals surface area contributed by atoms with E-state index in [0.717, 1.165) is 5.92 Å². The zero-order chi connectivity index (χ0) is 11.1. The fourth-order valence-electron chi connectivity index (χ4n) is 3.01. The smallest absolute Gasteiger partial charge is 0.0571 e. The number of hydrogen-bond acceptors (Lipinski definition) is 3. The minimum Gasteiger partial charge on any atom is -0.293 e. The first-order valence-electron chi connectivity index (χ1n) is 6.00. The van der Waals surface area contributed by atoms with Crippen LogP contribution in [0.3, 0.4) is 0 Å². The van der Waals surface area contributed by atoms with Crippen LogP contribution in [-0.4, -0.2) is 33.7 Å². The van der Waals surface area contributed by atoms with Crippen LogP contribution in [0.1, 0.15) is 25.8 Å². The minimum absolute atomic E-state index is 0.606. The monoisotopic (exact) mass is 215 g/mol. The van der Waals surface area contributed by atoms with Crippen LogP contribution in [0.4, 0.5) is 0 Å². The number of aromatic nitrogens is 2. The summed E-state index contributed by atoms with van der Waals surface area (Å²) in [4.78, 5) is 2.60. The molecular formula is C13H17N3. The Morgan fingerprint density at radius 2 is 2.25 bits per heavy atom. The highest BCUT2D eigenvalue weighted by Crippen LogP contribution is 2.42. The van der Waals surface area contributed by atoms with E-state index in [1.807, 2.05) is 6.20 Å². The molecule has 1 aromatic heterocycles. The van der Waals surface area contributed by atoms with E-state index in [1.165, 1.54) is 24.1 Å². The summed E-state index contributed by atoms with van der Waals surface area (Å²) in [6.45, 7) is 5.79. The summed E-state index contributed by atoms with van der Waals surface area (Å²) in [5, 5.41) is 7.82. The van der Waals surface area contributed by atoms with Crippen LogP contribution in [0.15, 0.2) is 24.5 Å². The predicted octanol–water partition coefficient (Wildman–Crippen LogP) is 1.97. The van der Waals surface area contributed by atoms with E-state index >= 15 is 0 Å². The van der Waals surface area contributed by atoms with Crippen molar-refractivity contribution in [3.63, 3.8) is 0 Å². The Balaban J connectivity index is 1.92. The Bertz CT molecular complexity index is 410. The zero-order valence-corrected chi connectivity index (χ0v) is 9.80. The topological polar surface area (TPSA) is 29.0 Å². The molecule has 84 valence electrons. The van der Waals surface area contributed by atoms with Crippen LogP contribution in [0.5, 0.6) is 0 Å². The van der Waals surface area contributed by atoms with E-state index in [4.69, 9.17) is 0 Å². The molecule has 1 aliphatic carbocycles. The van der Waals surface area contributed by atoms with Crippen molar-refractivity contribution in [3.05, 3.63) is 30.1 Å². The van der Waals surface area contributed by atoms with Gasteiger partial charge in [0.15, 0.2) is 0 Å². The van der Waals surface area contributed by atoms with Gasteiger partial charge >= 0.3 is 0 Å². The van der Waals surface area contributed by atoms with Gasteiger partial charge in [0, 0.05) is 24.2 Å². The Kier molecular flexibility index (Phi) is 2.28. The number of fused-ring (bicyclic) bond motifs is 2. The lowest BCUT2D eigenvalue weighted by atomic mass is 10.0. The first kappa shape index (κ1) is 9.97. The number of hydrogen-bond donors (Lipinski definition) is 0. The number of likely N-dealkylation sites (tertiary alicyclic amines) is 1. The quantitative estimate of drug-likeness (QED) is 0.755. The minimum atomic E-state index is 0.606. The number of nitrogens with zero attached hydrogens (tertiary/aromatic N) is 3. The molecule has 0 radical (unpaired) electrons. The van der Waals surface area contributed by atoms with Crippen molar-refractivity contribution in [2.24, 2.45) is 5.92 Å². The molecule has 1 aromatic rings. The third-order valence-electron chi connectivity index (χ3n) is 3.73. The molecule has 2 aliphatic rings. The highest BCUT2D eigenvalue weighted by Gasteiger charge is 2.40. The maximum Gasteiger partial charge on any atom is 0.0571 e. The first-order chi connectivity index (χ1) is 7.75.